The highest BCUT2D eigenvalue weighted by atomic mass is 16.5. The number of fused-ring (bicyclic) bond motifs is 2. The van der Waals surface area contributed by atoms with Crippen LogP contribution in [0.1, 0.15) is 11.4 Å². The lowest BCUT2D eigenvalue weighted by molar-refractivity contribution is 0.123. The summed E-state index contributed by atoms with van der Waals surface area (Å²) in [6.45, 7) is 2.96. The summed E-state index contributed by atoms with van der Waals surface area (Å²) in [5, 5.41) is 5.70. The Bertz CT molecular complexity index is 1560. The summed E-state index contributed by atoms with van der Waals surface area (Å²) >= 11 is 0. The Morgan fingerprint density at radius 3 is 2.68 bits per heavy atom. The number of nitrogens with one attached hydrogen (secondary N) is 1. The third kappa shape index (κ3) is 3.74. The van der Waals surface area contributed by atoms with Crippen LogP contribution in [0.3, 0.4) is 0 Å². The molecule has 0 atom stereocenters. The molecule has 0 unspecified atom stereocenters. The van der Waals surface area contributed by atoms with Gasteiger partial charge in [0.2, 0.25) is 5.56 Å². The van der Waals surface area contributed by atoms with Crippen LogP contribution in [0.25, 0.3) is 40.0 Å². The molecule has 1 aliphatic heterocycles. The van der Waals surface area contributed by atoms with E-state index >= 15 is 0 Å². The summed E-state index contributed by atoms with van der Waals surface area (Å²) in [5.41, 5.74) is 5.76. The number of aromatic amines is 1. The predicted molar refractivity (Wildman–Crippen MR) is 133 cm³/mol. The summed E-state index contributed by atoms with van der Waals surface area (Å²) in [5.74, 6) is 0. The van der Waals surface area contributed by atoms with Gasteiger partial charge in [0.15, 0.2) is 5.65 Å². The lowest BCUT2D eigenvalue weighted by Crippen LogP contribution is -2.36. The molecule has 0 bridgehead atoms. The van der Waals surface area contributed by atoms with Crippen molar-refractivity contribution in [3.05, 3.63) is 88.7 Å². The summed E-state index contributed by atoms with van der Waals surface area (Å²) in [4.78, 5) is 26.4. The molecule has 1 saturated heterocycles. The molecule has 4 aromatic heterocycles. The van der Waals surface area contributed by atoms with Gasteiger partial charge in [-0.05, 0) is 36.4 Å². The third-order valence-corrected chi connectivity index (χ3v) is 5.97. The highest BCUT2D eigenvalue weighted by molar-refractivity contribution is 5.84. The number of hydrogen-bond donors (Lipinski definition) is 1. The van der Waals surface area contributed by atoms with Gasteiger partial charge in [-0.1, -0.05) is 24.3 Å². The van der Waals surface area contributed by atoms with Gasteiger partial charge in [0.25, 0.3) is 0 Å². The van der Waals surface area contributed by atoms with Crippen molar-refractivity contribution in [3.63, 3.8) is 0 Å². The van der Waals surface area contributed by atoms with E-state index < -0.39 is 0 Å². The Morgan fingerprint density at radius 1 is 0.941 bits per heavy atom. The third-order valence-electron chi connectivity index (χ3n) is 5.97. The Labute approximate surface area is 195 Å². The second kappa shape index (κ2) is 8.57. The van der Waals surface area contributed by atoms with Crippen molar-refractivity contribution in [3.8, 4) is 11.3 Å². The van der Waals surface area contributed by atoms with Gasteiger partial charge < -0.3 is 14.6 Å². The minimum Gasteiger partial charge on any atom is -0.378 e. The second-order valence-corrected chi connectivity index (χ2v) is 8.10. The van der Waals surface area contributed by atoms with Gasteiger partial charge in [-0.15, -0.1) is 0 Å². The number of para-hydroxylation sites is 1. The van der Waals surface area contributed by atoms with Crippen molar-refractivity contribution < 1.29 is 4.74 Å². The standard InChI is InChI=1S/C26H22N6O2/c33-24-10-6-19(17-27-24)25-22(9-8-20-7-5-18-3-1-2-4-21(18)29-20)30-26-23(11-12-28-32(25)26)31-13-15-34-16-14-31/h1-12,17H,13-16H2,(H,27,33). The largest absolute Gasteiger partial charge is 0.378 e. The molecular formula is C26H22N6O2. The Balaban J connectivity index is 1.49. The first kappa shape index (κ1) is 20.3. The lowest BCUT2D eigenvalue weighted by atomic mass is 10.1. The minimum absolute atomic E-state index is 0.156. The molecule has 0 aliphatic carbocycles. The van der Waals surface area contributed by atoms with Crippen molar-refractivity contribution in [2.45, 2.75) is 0 Å². The lowest BCUT2D eigenvalue weighted by Gasteiger charge is -2.28. The first-order valence-corrected chi connectivity index (χ1v) is 11.2. The van der Waals surface area contributed by atoms with E-state index in [0.717, 1.165) is 58.0 Å². The number of pyridine rings is 2. The zero-order valence-corrected chi connectivity index (χ0v) is 18.4. The normalized spacial score (nSPS) is 14.4. The molecule has 1 aliphatic rings. The molecular weight excluding hydrogens is 428 g/mol. The molecule has 5 aromatic rings. The summed E-state index contributed by atoms with van der Waals surface area (Å²) < 4.78 is 7.36. The van der Waals surface area contributed by atoms with E-state index in [4.69, 9.17) is 14.7 Å². The van der Waals surface area contributed by atoms with E-state index in [9.17, 15) is 4.79 Å². The summed E-state index contributed by atoms with van der Waals surface area (Å²) in [6, 6.07) is 17.4. The van der Waals surface area contributed by atoms with Crippen LogP contribution in [0, 0.1) is 0 Å². The predicted octanol–water partition coefficient (Wildman–Crippen LogP) is 3.64. The van der Waals surface area contributed by atoms with Crippen molar-refractivity contribution >= 4 is 34.4 Å². The van der Waals surface area contributed by atoms with Crippen molar-refractivity contribution in [1.82, 2.24) is 24.6 Å². The van der Waals surface area contributed by atoms with Crippen LogP contribution in [-0.2, 0) is 4.74 Å². The minimum atomic E-state index is -0.156. The molecule has 34 heavy (non-hydrogen) atoms. The Morgan fingerprint density at radius 2 is 1.82 bits per heavy atom. The maximum atomic E-state index is 11.7. The number of ether oxygens (including phenoxy) is 1. The molecule has 1 aromatic carbocycles. The van der Waals surface area contributed by atoms with E-state index in [-0.39, 0.29) is 5.56 Å². The average Bonchev–Trinajstić information content (AvgIpc) is 3.27. The van der Waals surface area contributed by atoms with E-state index in [2.05, 4.69) is 21.0 Å². The number of nitrogens with zero attached hydrogens (tertiary/aromatic N) is 5. The van der Waals surface area contributed by atoms with Crippen molar-refractivity contribution in [1.29, 1.82) is 0 Å². The molecule has 1 N–H and O–H groups in total. The molecule has 0 radical (unpaired) electrons. The molecule has 0 amide bonds. The molecule has 1 fully saturated rings. The van der Waals surface area contributed by atoms with E-state index in [1.807, 2.05) is 53.1 Å². The highest BCUT2D eigenvalue weighted by Gasteiger charge is 2.20. The van der Waals surface area contributed by atoms with Gasteiger partial charge >= 0.3 is 0 Å². The van der Waals surface area contributed by atoms with E-state index in [1.165, 1.54) is 6.07 Å². The topological polar surface area (TPSA) is 88.4 Å². The number of imidazole rings is 1. The monoisotopic (exact) mass is 450 g/mol. The fourth-order valence-electron chi connectivity index (χ4n) is 4.29. The molecule has 6 rings (SSSR count). The molecule has 168 valence electrons. The van der Waals surface area contributed by atoms with Gasteiger partial charge in [-0.2, -0.15) is 5.10 Å². The van der Waals surface area contributed by atoms with Crippen LogP contribution in [0.5, 0.6) is 0 Å². The fourth-order valence-corrected chi connectivity index (χ4v) is 4.29. The summed E-state index contributed by atoms with van der Waals surface area (Å²) in [7, 11) is 0. The summed E-state index contributed by atoms with van der Waals surface area (Å²) in [6.07, 6.45) is 7.39. The number of morpholine rings is 1. The first-order chi connectivity index (χ1) is 16.8. The van der Waals surface area contributed by atoms with Crippen molar-refractivity contribution in [2.24, 2.45) is 0 Å². The maximum absolute atomic E-state index is 11.7. The van der Waals surface area contributed by atoms with Gasteiger partial charge in [0.1, 0.15) is 5.69 Å². The second-order valence-electron chi connectivity index (χ2n) is 8.10. The van der Waals surface area contributed by atoms with Gasteiger partial charge in [-0.3, -0.25) is 4.79 Å². The van der Waals surface area contributed by atoms with Crippen LogP contribution >= 0.6 is 0 Å². The number of hydrogen-bond acceptors (Lipinski definition) is 6. The number of anilines is 1. The Hall–Kier alpha value is -4.30. The molecule has 0 saturated carbocycles. The first-order valence-electron chi connectivity index (χ1n) is 11.2. The van der Waals surface area contributed by atoms with Gasteiger partial charge in [-0.25, -0.2) is 14.5 Å². The molecule has 0 spiro atoms. The van der Waals surface area contributed by atoms with Gasteiger partial charge in [0, 0.05) is 36.3 Å². The zero-order chi connectivity index (χ0) is 22.9. The molecule has 8 nitrogen and oxygen atoms in total. The van der Waals surface area contributed by atoms with Crippen molar-refractivity contribution in [2.75, 3.05) is 31.2 Å². The quantitative estimate of drug-likeness (QED) is 0.450. The molecule has 5 heterocycles. The highest BCUT2D eigenvalue weighted by Crippen LogP contribution is 2.30. The van der Waals surface area contributed by atoms with E-state index in [1.54, 1.807) is 18.5 Å². The van der Waals surface area contributed by atoms with E-state index in [0.29, 0.717) is 13.2 Å². The fraction of sp³-hybridized carbons (Fsp3) is 0.154. The number of aromatic nitrogens is 5. The van der Waals surface area contributed by atoms with Gasteiger partial charge in [0.05, 0.1) is 42.0 Å². The van der Waals surface area contributed by atoms with Crippen LogP contribution in [0.2, 0.25) is 0 Å². The number of rotatable bonds is 4. The zero-order valence-electron chi connectivity index (χ0n) is 18.4. The van der Waals surface area contributed by atoms with Crippen LogP contribution < -0.4 is 10.5 Å². The van der Waals surface area contributed by atoms with Crippen LogP contribution in [-0.4, -0.2) is 50.9 Å². The van der Waals surface area contributed by atoms with Crippen LogP contribution in [0.4, 0.5) is 5.69 Å². The number of benzene rings is 1. The smallest absolute Gasteiger partial charge is 0.247 e. The number of H-pyrrole nitrogens is 1. The van der Waals surface area contributed by atoms with Crippen LogP contribution in [0.15, 0.2) is 71.8 Å². The SMILES string of the molecule is O=c1ccc(-c2c(C=Cc3ccc4ccccc4n3)nc3c(N4CCOCC4)ccnn23)c[nH]1. The maximum Gasteiger partial charge on any atom is 0.247 e. The average molecular weight is 451 g/mol. The Kier molecular flexibility index (Phi) is 5.12. The molecule has 8 heteroatoms.